The number of nitrogen functional groups attached to an aromatic ring is 1. The lowest BCUT2D eigenvalue weighted by Gasteiger charge is -2.28. The molecule has 8 heteroatoms. The molecule has 1 unspecified atom stereocenters. The van der Waals surface area contributed by atoms with Gasteiger partial charge in [-0.3, -0.25) is 9.78 Å². The van der Waals surface area contributed by atoms with Crippen LogP contribution in [0.4, 0.5) is 17.6 Å². The number of nitrogens with two attached hydrogens (primary N) is 1. The quantitative estimate of drug-likeness (QED) is 0.670. The first-order valence-electron chi connectivity index (χ1n) is 8.09. The number of benzene rings is 1. The number of hydrogen-bond donors (Lipinski definition) is 3. The van der Waals surface area contributed by atoms with E-state index >= 15 is 0 Å². The molecule has 1 amide bonds. The van der Waals surface area contributed by atoms with E-state index in [1.165, 1.54) is 0 Å². The Morgan fingerprint density at radius 3 is 2.77 bits per heavy atom. The van der Waals surface area contributed by atoms with Gasteiger partial charge in [0.05, 0.1) is 17.5 Å². The number of nitrogens with one attached hydrogen (secondary N) is 2. The van der Waals surface area contributed by atoms with E-state index in [1.807, 2.05) is 37.3 Å². The van der Waals surface area contributed by atoms with Gasteiger partial charge in [-0.25, -0.2) is 4.68 Å². The lowest BCUT2D eigenvalue weighted by Crippen LogP contribution is -2.31. The average molecular weight is 347 g/mol. The summed E-state index contributed by atoms with van der Waals surface area (Å²) < 4.78 is 1.63. The Labute approximate surface area is 149 Å². The highest BCUT2D eigenvalue weighted by Gasteiger charge is 2.34. The zero-order valence-corrected chi connectivity index (χ0v) is 14.0. The molecule has 1 aliphatic rings. The first-order chi connectivity index (χ1) is 12.6. The van der Waals surface area contributed by atoms with Gasteiger partial charge in [-0.15, -0.1) is 5.10 Å². The first-order valence-corrected chi connectivity index (χ1v) is 8.09. The lowest BCUT2D eigenvalue weighted by atomic mass is 9.95. The third-order valence-electron chi connectivity index (χ3n) is 4.15. The number of amides is 1. The van der Waals surface area contributed by atoms with Crippen molar-refractivity contribution in [3.8, 4) is 0 Å². The van der Waals surface area contributed by atoms with Crippen LogP contribution in [0.5, 0.6) is 0 Å². The van der Waals surface area contributed by atoms with Crippen molar-refractivity contribution in [2.45, 2.75) is 13.0 Å². The molecule has 1 aromatic carbocycles. The van der Waals surface area contributed by atoms with Crippen LogP contribution in [0.15, 0.2) is 66.1 Å². The van der Waals surface area contributed by atoms with Gasteiger partial charge >= 0.3 is 0 Å². The van der Waals surface area contributed by atoms with Crippen LogP contribution in [-0.4, -0.2) is 25.7 Å². The summed E-state index contributed by atoms with van der Waals surface area (Å²) in [7, 11) is 0. The molecule has 0 radical (unpaired) electrons. The van der Waals surface area contributed by atoms with Crippen LogP contribution < -0.4 is 16.4 Å². The second-order valence-corrected chi connectivity index (χ2v) is 5.91. The number of carbonyl (C=O) groups excluding carboxylic acids is 1. The first kappa shape index (κ1) is 15.8. The third-order valence-corrected chi connectivity index (χ3v) is 4.15. The van der Waals surface area contributed by atoms with Gasteiger partial charge in [0, 0.05) is 11.9 Å². The molecule has 26 heavy (non-hydrogen) atoms. The highest BCUT2D eigenvalue weighted by molar-refractivity contribution is 6.05. The van der Waals surface area contributed by atoms with Crippen molar-refractivity contribution in [3.63, 3.8) is 0 Å². The van der Waals surface area contributed by atoms with Crippen molar-refractivity contribution in [2.75, 3.05) is 16.4 Å². The molecule has 0 aliphatic carbocycles. The number of pyridine rings is 1. The van der Waals surface area contributed by atoms with Gasteiger partial charge in [-0.05, 0) is 24.6 Å². The monoisotopic (exact) mass is 347 g/mol. The summed E-state index contributed by atoms with van der Waals surface area (Å²) in [5.74, 6) is 0.415. The number of carbonyl (C=O) groups is 1. The standard InChI is InChI=1S/C18H17N7O/c1-11-14(16(26)22-13-8-5-9-20-10-13)15(12-6-3-2-4-7-12)25-18(21-11)23-17(19)24-25/h2-10,15H,1H3,(H,22,26)(H3,19,21,23,24). The predicted molar refractivity (Wildman–Crippen MR) is 98.2 cm³/mol. The fourth-order valence-corrected chi connectivity index (χ4v) is 3.04. The minimum absolute atomic E-state index is 0.148. The van der Waals surface area contributed by atoms with Crippen molar-refractivity contribution >= 4 is 23.5 Å². The van der Waals surface area contributed by atoms with Crippen LogP contribution in [0, 0.1) is 0 Å². The van der Waals surface area contributed by atoms with Gasteiger partial charge in [0.15, 0.2) is 0 Å². The van der Waals surface area contributed by atoms with E-state index in [0.717, 1.165) is 5.56 Å². The van der Waals surface area contributed by atoms with Gasteiger partial charge in [0.25, 0.3) is 5.91 Å². The molecule has 0 spiro atoms. The number of nitrogens with zero attached hydrogens (tertiary/aromatic N) is 4. The number of fused-ring (bicyclic) bond motifs is 1. The van der Waals surface area contributed by atoms with Gasteiger partial charge in [0.1, 0.15) is 6.04 Å². The predicted octanol–water partition coefficient (Wildman–Crippen LogP) is 2.18. The van der Waals surface area contributed by atoms with Crippen molar-refractivity contribution < 1.29 is 4.79 Å². The normalized spacial score (nSPS) is 16.0. The van der Waals surface area contributed by atoms with E-state index in [1.54, 1.807) is 29.2 Å². The Kier molecular flexibility index (Phi) is 3.85. The van der Waals surface area contributed by atoms with E-state index in [2.05, 4.69) is 25.7 Å². The van der Waals surface area contributed by atoms with Gasteiger partial charge in [-0.1, -0.05) is 30.3 Å². The van der Waals surface area contributed by atoms with E-state index in [4.69, 9.17) is 5.73 Å². The molecule has 130 valence electrons. The average Bonchev–Trinajstić information content (AvgIpc) is 3.01. The van der Waals surface area contributed by atoms with Crippen molar-refractivity contribution in [1.29, 1.82) is 0 Å². The second kappa shape index (κ2) is 6.32. The maximum Gasteiger partial charge on any atom is 0.255 e. The maximum atomic E-state index is 13.0. The van der Waals surface area contributed by atoms with Crippen molar-refractivity contribution in [3.05, 3.63) is 71.7 Å². The Bertz CT molecular complexity index is 979. The summed E-state index contributed by atoms with van der Waals surface area (Å²) in [5.41, 5.74) is 8.54. The lowest BCUT2D eigenvalue weighted by molar-refractivity contribution is -0.113. The third kappa shape index (κ3) is 2.77. The van der Waals surface area contributed by atoms with Crippen LogP contribution in [0.2, 0.25) is 0 Å². The topological polar surface area (TPSA) is 111 Å². The minimum Gasteiger partial charge on any atom is -0.366 e. The van der Waals surface area contributed by atoms with Gasteiger partial charge in [-0.2, -0.15) is 4.98 Å². The number of rotatable bonds is 3. The minimum atomic E-state index is -0.436. The van der Waals surface area contributed by atoms with Crippen LogP contribution in [0.3, 0.4) is 0 Å². The molecular weight excluding hydrogens is 330 g/mol. The highest BCUT2D eigenvalue weighted by Crippen LogP contribution is 2.35. The summed E-state index contributed by atoms with van der Waals surface area (Å²) in [6.07, 6.45) is 3.25. The molecule has 1 atom stereocenters. The summed E-state index contributed by atoms with van der Waals surface area (Å²) >= 11 is 0. The SMILES string of the molecule is CC1=C(C(=O)Nc2cccnc2)C(c2ccccc2)n2nc(N)nc2N1. The fourth-order valence-electron chi connectivity index (χ4n) is 3.04. The Hall–Kier alpha value is -3.68. The van der Waals surface area contributed by atoms with E-state index in [0.29, 0.717) is 22.9 Å². The zero-order chi connectivity index (χ0) is 18.1. The molecule has 3 aromatic rings. The highest BCUT2D eigenvalue weighted by atomic mass is 16.1. The van der Waals surface area contributed by atoms with Crippen molar-refractivity contribution in [2.24, 2.45) is 0 Å². The molecular formula is C18H17N7O. The number of aromatic nitrogens is 4. The molecule has 8 nitrogen and oxygen atoms in total. The molecule has 2 aromatic heterocycles. The smallest absolute Gasteiger partial charge is 0.255 e. The molecule has 4 rings (SSSR count). The molecule has 0 saturated heterocycles. The largest absolute Gasteiger partial charge is 0.366 e. The molecule has 0 saturated carbocycles. The summed E-state index contributed by atoms with van der Waals surface area (Å²) in [6, 6.07) is 12.8. The molecule has 3 heterocycles. The maximum absolute atomic E-state index is 13.0. The molecule has 4 N–H and O–H groups in total. The van der Waals surface area contributed by atoms with Crippen LogP contribution >= 0.6 is 0 Å². The summed E-state index contributed by atoms with van der Waals surface area (Å²) in [4.78, 5) is 21.3. The van der Waals surface area contributed by atoms with Crippen LogP contribution in [0.25, 0.3) is 0 Å². The number of anilines is 3. The molecule has 1 aliphatic heterocycles. The van der Waals surface area contributed by atoms with E-state index < -0.39 is 6.04 Å². The van der Waals surface area contributed by atoms with E-state index in [9.17, 15) is 4.79 Å². The summed E-state index contributed by atoms with van der Waals surface area (Å²) in [6.45, 7) is 1.84. The number of hydrogen-bond acceptors (Lipinski definition) is 6. The number of allylic oxidation sites excluding steroid dienone is 1. The molecule has 0 bridgehead atoms. The van der Waals surface area contributed by atoms with Crippen LogP contribution in [-0.2, 0) is 4.79 Å². The second-order valence-electron chi connectivity index (χ2n) is 5.91. The Morgan fingerprint density at radius 2 is 2.04 bits per heavy atom. The Balaban J connectivity index is 1.79. The fraction of sp³-hybridized carbons (Fsp3) is 0.111. The van der Waals surface area contributed by atoms with Gasteiger partial charge < -0.3 is 16.4 Å². The zero-order valence-electron chi connectivity index (χ0n) is 14.0. The Morgan fingerprint density at radius 1 is 1.23 bits per heavy atom. The van der Waals surface area contributed by atoms with E-state index in [-0.39, 0.29) is 11.9 Å². The van der Waals surface area contributed by atoms with Crippen molar-refractivity contribution in [1.82, 2.24) is 19.7 Å². The molecule has 0 fully saturated rings. The van der Waals surface area contributed by atoms with Gasteiger partial charge in [0.2, 0.25) is 11.9 Å². The van der Waals surface area contributed by atoms with Crippen LogP contribution in [0.1, 0.15) is 18.5 Å². The summed E-state index contributed by atoms with van der Waals surface area (Å²) in [5, 5.41) is 10.3.